The standard InChI is InChI=1S/C9H9NO3/c11-9-4-6-1-2-8(10(12)13)3-7(6)5-9/h1-3,9,11H,4-5H2/t9-/m1/s1. The number of nitro benzene ring substituents is 1. The maximum Gasteiger partial charge on any atom is 0.269 e. The summed E-state index contributed by atoms with van der Waals surface area (Å²) in [7, 11) is 0. The second kappa shape index (κ2) is 2.81. The number of aliphatic hydroxyl groups is 1. The van der Waals surface area contributed by atoms with Crippen molar-refractivity contribution in [3.05, 3.63) is 39.4 Å². The Kier molecular flexibility index (Phi) is 1.77. The predicted octanol–water partition coefficient (Wildman–Crippen LogP) is 1.05. The van der Waals surface area contributed by atoms with Gasteiger partial charge in [-0.05, 0) is 24.0 Å². The van der Waals surface area contributed by atoms with E-state index in [1.54, 1.807) is 12.1 Å². The van der Waals surface area contributed by atoms with Crippen LogP contribution in [0.15, 0.2) is 18.2 Å². The SMILES string of the molecule is O=[N+]([O-])c1ccc2c(c1)C[C@H](O)C2. The van der Waals surface area contributed by atoms with Gasteiger partial charge in [-0.1, -0.05) is 6.07 Å². The summed E-state index contributed by atoms with van der Waals surface area (Å²) in [6, 6.07) is 4.76. The molecule has 0 aromatic heterocycles. The Morgan fingerprint density at radius 1 is 1.38 bits per heavy atom. The average molecular weight is 179 g/mol. The molecule has 0 saturated carbocycles. The fourth-order valence-corrected chi connectivity index (χ4v) is 1.69. The van der Waals surface area contributed by atoms with E-state index in [0.29, 0.717) is 12.8 Å². The first-order valence-corrected chi connectivity index (χ1v) is 4.11. The number of benzene rings is 1. The van der Waals surface area contributed by atoms with Crippen molar-refractivity contribution in [1.29, 1.82) is 0 Å². The molecule has 0 unspecified atom stereocenters. The van der Waals surface area contributed by atoms with E-state index in [2.05, 4.69) is 0 Å². The van der Waals surface area contributed by atoms with E-state index in [-0.39, 0.29) is 11.8 Å². The van der Waals surface area contributed by atoms with Crippen LogP contribution in [0.25, 0.3) is 0 Å². The third kappa shape index (κ3) is 1.40. The van der Waals surface area contributed by atoms with Gasteiger partial charge < -0.3 is 5.11 Å². The van der Waals surface area contributed by atoms with E-state index >= 15 is 0 Å². The predicted molar refractivity (Wildman–Crippen MR) is 46.5 cm³/mol. The summed E-state index contributed by atoms with van der Waals surface area (Å²) < 4.78 is 0. The molecular formula is C9H9NO3. The average Bonchev–Trinajstić information content (AvgIpc) is 2.42. The molecular weight excluding hydrogens is 170 g/mol. The highest BCUT2D eigenvalue weighted by Gasteiger charge is 2.21. The third-order valence-electron chi connectivity index (χ3n) is 2.31. The molecule has 4 heteroatoms. The molecule has 0 heterocycles. The normalized spacial score (nSPS) is 19.9. The summed E-state index contributed by atoms with van der Waals surface area (Å²) in [6.07, 6.45) is 0.793. The van der Waals surface area contributed by atoms with E-state index in [4.69, 9.17) is 0 Å². The summed E-state index contributed by atoms with van der Waals surface area (Å²) in [5.74, 6) is 0. The molecule has 1 atom stereocenters. The zero-order valence-electron chi connectivity index (χ0n) is 6.93. The molecule has 0 aliphatic heterocycles. The minimum atomic E-state index is -0.412. The van der Waals surface area contributed by atoms with Gasteiger partial charge in [-0.15, -0.1) is 0 Å². The van der Waals surface area contributed by atoms with Crippen molar-refractivity contribution in [2.75, 3.05) is 0 Å². The van der Waals surface area contributed by atoms with Crippen molar-refractivity contribution in [3.63, 3.8) is 0 Å². The summed E-state index contributed by atoms with van der Waals surface area (Å²) >= 11 is 0. The number of fused-ring (bicyclic) bond motifs is 1. The minimum Gasteiger partial charge on any atom is -0.392 e. The summed E-state index contributed by atoms with van der Waals surface area (Å²) in [4.78, 5) is 10.0. The Morgan fingerprint density at radius 2 is 2.08 bits per heavy atom. The molecule has 0 spiro atoms. The van der Waals surface area contributed by atoms with E-state index < -0.39 is 4.92 Å². The van der Waals surface area contributed by atoms with E-state index in [0.717, 1.165) is 11.1 Å². The Labute approximate surface area is 75.0 Å². The van der Waals surface area contributed by atoms with Crippen molar-refractivity contribution < 1.29 is 10.0 Å². The van der Waals surface area contributed by atoms with Gasteiger partial charge in [0.15, 0.2) is 0 Å². The minimum absolute atomic E-state index is 0.104. The van der Waals surface area contributed by atoms with E-state index in [9.17, 15) is 15.2 Å². The van der Waals surface area contributed by atoms with Gasteiger partial charge in [-0.25, -0.2) is 0 Å². The van der Waals surface area contributed by atoms with Gasteiger partial charge in [-0.2, -0.15) is 0 Å². The number of hydrogen-bond donors (Lipinski definition) is 1. The first-order valence-electron chi connectivity index (χ1n) is 4.11. The van der Waals surface area contributed by atoms with Gasteiger partial charge in [0.1, 0.15) is 0 Å². The maximum atomic E-state index is 10.4. The quantitative estimate of drug-likeness (QED) is 0.517. The molecule has 1 aliphatic carbocycles. The van der Waals surface area contributed by atoms with Gasteiger partial charge >= 0.3 is 0 Å². The molecule has 0 amide bonds. The van der Waals surface area contributed by atoms with Crippen LogP contribution in [0.4, 0.5) is 5.69 Å². The summed E-state index contributed by atoms with van der Waals surface area (Å²) in [5.41, 5.74) is 2.03. The number of rotatable bonds is 1. The Balaban J connectivity index is 2.40. The first kappa shape index (κ1) is 8.19. The highest BCUT2D eigenvalue weighted by Crippen LogP contribution is 2.25. The Bertz CT molecular complexity index is 362. The topological polar surface area (TPSA) is 63.4 Å². The molecule has 68 valence electrons. The molecule has 0 radical (unpaired) electrons. The van der Waals surface area contributed by atoms with Crippen molar-refractivity contribution in [2.45, 2.75) is 18.9 Å². The molecule has 1 aromatic carbocycles. The van der Waals surface area contributed by atoms with Crippen molar-refractivity contribution in [2.24, 2.45) is 0 Å². The molecule has 13 heavy (non-hydrogen) atoms. The number of nitrogens with zero attached hydrogens (tertiary/aromatic N) is 1. The van der Waals surface area contributed by atoms with Crippen LogP contribution in [0.3, 0.4) is 0 Å². The van der Waals surface area contributed by atoms with E-state index in [1.165, 1.54) is 6.07 Å². The van der Waals surface area contributed by atoms with Crippen molar-refractivity contribution in [1.82, 2.24) is 0 Å². The molecule has 1 N–H and O–H groups in total. The molecule has 1 aromatic rings. The highest BCUT2D eigenvalue weighted by molar-refractivity contribution is 5.42. The van der Waals surface area contributed by atoms with Crippen LogP contribution in [0, 0.1) is 10.1 Å². The van der Waals surface area contributed by atoms with Crippen LogP contribution in [0.2, 0.25) is 0 Å². The zero-order chi connectivity index (χ0) is 9.42. The lowest BCUT2D eigenvalue weighted by Crippen LogP contribution is -2.03. The largest absolute Gasteiger partial charge is 0.392 e. The number of non-ortho nitro benzene ring substituents is 1. The first-order chi connectivity index (χ1) is 6.16. The molecule has 4 nitrogen and oxygen atoms in total. The van der Waals surface area contributed by atoms with Gasteiger partial charge in [0, 0.05) is 12.1 Å². The Morgan fingerprint density at radius 3 is 2.77 bits per heavy atom. The molecule has 0 bridgehead atoms. The molecule has 0 saturated heterocycles. The van der Waals surface area contributed by atoms with Gasteiger partial charge in [-0.3, -0.25) is 10.1 Å². The summed E-state index contributed by atoms with van der Waals surface area (Å²) in [6.45, 7) is 0. The van der Waals surface area contributed by atoms with Crippen LogP contribution < -0.4 is 0 Å². The van der Waals surface area contributed by atoms with Crippen LogP contribution in [-0.4, -0.2) is 16.1 Å². The van der Waals surface area contributed by atoms with Crippen LogP contribution in [0.5, 0.6) is 0 Å². The number of nitro groups is 1. The number of aliphatic hydroxyl groups excluding tert-OH is 1. The van der Waals surface area contributed by atoms with Crippen LogP contribution in [0.1, 0.15) is 11.1 Å². The van der Waals surface area contributed by atoms with Gasteiger partial charge in [0.2, 0.25) is 0 Å². The van der Waals surface area contributed by atoms with Crippen molar-refractivity contribution >= 4 is 5.69 Å². The number of hydrogen-bond acceptors (Lipinski definition) is 3. The van der Waals surface area contributed by atoms with Gasteiger partial charge in [0.05, 0.1) is 11.0 Å². The summed E-state index contributed by atoms with van der Waals surface area (Å²) in [5, 5.41) is 19.7. The second-order valence-corrected chi connectivity index (χ2v) is 3.27. The lowest BCUT2D eigenvalue weighted by atomic mass is 10.1. The van der Waals surface area contributed by atoms with Gasteiger partial charge in [0.25, 0.3) is 5.69 Å². The molecule has 0 fully saturated rings. The van der Waals surface area contributed by atoms with Crippen LogP contribution in [-0.2, 0) is 12.8 Å². The zero-order valence-corrected chi connectivity index (χ0v) is 6.93. The Hall–Kier alpha value is -1.42. The highest BCUT2D eigenvalue weighted by atomic mass is 16.6. The second-order valence-electron chi connectivity index (χ2n) is 3.27. The molecule has 1 aliphatic rings. The van der Waals surface area contributed by atoms with E-state index in [1.807, 2.05) is 0 Å². The van der Waals surface area contributed by atoms with Crippen molar-refractivity contribution in [3.8, 4) is 0 Å². The smallest absolute Gasteiger partial charge is 0.269 e. The lowest BCUT2D eigenvalue weighted by molar-refractivity contribution is -0.384. The fraction of sp³-hybridized carbons (Fsp3) is 0.333. The van der Waals surface area contributed by atoms with Crippen LogP contribution >= 0.6 is 0 Å². The molecule has 2 rings (SSSR count). The monoisotopic (exact) mass is 179 g/mol. The maximum absolute atomic E-state index is 10.4. The fourth-order valence-electron chi connectivity index (χ4n) is 1.69. The third-order valence-corrected chi connectivity index (χ3v) is 2.31. The lowest BCUT2D eigenvalue weighted by Gasteiger charge is -1.96.